The first kappa shape index (κ1) is 11.9. The van der Waals surface area contributed by atoms with Crippen molar-refractivity contribution in [2.24, 2.45) is 0 Å². The number of carbonyl (C=O) groups excluding carboxylic acids is 1. The Kier molecular flexibility index (Phi) is 3.64. The Labute approximate surface area is 90.9 Å². The van der Waals surface area contributed by atoms with Crippen molar-refractivity contribution in [1.29, 1.82) is 0 Å². The molecule has 0 aromatic heterocycles. The van der Waals surface area contributed by atoms with E-state index in [1.807, 2.05) is 31.2 Å². The SMILES string of the molecule is C[C@@H](C=O)c1ccc(CC(C)(C)O)cc1. The number of hydrogen-bond donors (Lipinski definition) is 1. The zero-order valence-corrected chi connectivity index (χ0v) is 9.53. The number of rotatable bonds is 4. The molecule has 82 valence electrons. The molecule has 0 amide bonds. The highest BCUT2D eigenvalue weighted by Crippen LogP contribution is 2.17. The normalized spacial score (nSPS) is 13.6. The summed E-state index contributed by atoms with van der Waals surface area (Å²) in [7, 11) is 0. The number of hydrogen-bond acceptors (Lipinski definition) is 2. The molecule has 1 aromatic rings. The van der Waals surface area contributed by atoms with E-state index in [1.165, 1.54) is 0 Å². The van der Waals surface area contributed by atoms with Crippen molar-refractivity contribution in [2.45, 2.75) is 38.7 Å². The van der Waals surface area contributed by atoms with Crippen LogP contribution in [0, 0.1) is 0 Å². The molecule has 0 heterocycles. The van der Waals surface area contributed by atoms with E-state index in [0.29, 0.717) is 6.42 Å². The third-order valence-corrected chi connectivity index (χ3v) is 2.35. The van der Waals surface area contributed by atoms with Crippen molar-refractivity contribution in [2.75, 3.05) is 0 Å². The summed E-state index contributed by atoms with van der Waals surface area (Å²) in [6, 6.07) is 7.82. The van der Waals surface area contributed by atoms with Gasteiger partial charge in [0, 0.05) is 12.3 Å². The van der Waals surface area contributed by atoms with Crippen LogP contribution in [0.3, 0.4) is 0 Å². The summed E-state index contributed by atoms with van der Waals surface area (Å²) in [5.41, 5.74) is 1.42. The molecule has 0 bridgehead atoms. The van der Waals surface area contributed by atoms with Crippen molar-refractivity contribution in [3.8, 4) is 0 Å². The van der Waals surface area contributed by atoms with Crippen LogP contribution in [0.1, 0.15) is 37.8 Å². The second-order valence-electron chi connectivity index (χ2n) is 4.66. The third-order valence-electron chi connectivity index (χ3n) is 2.35. The van der Waals surface area contributed by atoms with Crippen LogP contribution in [-0.4, -0.2) is 17.0 Å². The maximum absolute atomic E-state index is 10.6. The van der Waals surface area contributed by atoms with E-state index in [-0.39, 0.29) is 5.92 Å². The van der Waals surface area contributed by atoms with Gasteiger partial charge in [0.15, 0.2) is 0 Å². The van der Waals surface area contributed by atoms with Gasteiger partial charge in [-0.15, -0.1) is 0 Å². The Morgan fingerprint density at radius 3 is 2.27 bits per heavy atom. The monoisotopic (exact) mass is 206 g/mol. The Bertz CT molecular complexity index is 319. The fraction of sp³-hybridized carbons (Fsp3) is 0.462. The average Bonchev–Trinajstić information content (AvgIpc) is 2.15. The van der Waals surface area contributed by atoms with E-state index in [2.05, 4.69) is 0 Å². The van der Waals surface area contributed by atoms with Gasteiger partial charge in [-0.1, -0.05) is 31.2 Å². The van der Waals surface area contributed by atoms with Crippen molar-refractivity contribution in [3.63, 3.8) is 0 Å². The lowest BCUT2D eigenvalue weighted by molar-refractivity contribution is -0.108. The van der Waals surface area contributed by atoms with Crippen LogP contribution in [0.15, 0.2) is 24.3 Å². The van der Waals surface area contributed by atoms with Gasteiger partial charge >= 0.3 is 0 Å². The van der Waals surface area contributed by atoms with Crippen LogP contribution in [0.4, 0.5) is 0 Å². The standard InChI is InChI=1S/C13H18O2/c1-10(9-14)12-6-4-11(5-7-12)8-13(2,3)15/h4-7,9-10,15H,8H2,1-3H3/t10-/m0/s1. The lowest BCUT2D eigenvalue weighted by Gasteiger charge is -2.17. The fourth-order valence-corrected chi connectivity index (χ4v) is 1.52. The Morgan fingerprint density at radius 1 is 1.33 bits per heavy atom. The van der Waals surface area contributed by atoms with Crippen LogP contribution in [-0.2, 0) is 11.2 Å². The van der Waals surface area contributed by atoms with Gasteiger partial charge in [-0.05, 0) is 25.0 Å². The Hall–Kier alpha value is -1.15. The summed E-state index contributed by atoms with van der Waals surface area (Å²) in [6.07, 6.45) is 1.56. The van der Waals surface area contributed by atoms with E-state index < -0.39 is 5.60 Å². The topological polar surface area (TPSA) is 37.3 Å². The Balaban J connectivity index is 2.77. The minimum absolute atomic E-state index is 0.0545. The van der Waals surface area contributed by atoms with Gasteiger partial charge in [-0.3, -0.25) is 0 Å². The fourth-order valence-electron chi connectivity index (χ4n) is 1.52. The molecular formula is C13H18O2. The highest BCUT2D eigenvalue weighted by molar-refractivity contribution is 5.61. The van der Waals surface area contributed by atoms with E-state index >= 15 is 0 Å². The molecule has 1 rings (SSSR count). The highest BCUT2D eigenvalue weighted by atomic mass is 16.3. The first-order chi connectivity index (χ1) is 6.92. The van der Waals surface area contributed by atoms with E-state index in [9.17, 15) is 9.90 Å². The molecule has 1 atom stereocenters. The zero-order valence-electron chi connectivity index (χ0n) is 9.53. The molecule has 1 aromatic carbocycles. The second kappa shape index (κ2) is 4.58. The number of aliphatic hydroxyl groups is 1. The summed E-state index contributed by atoms with van der Waals surface area (Å²) in [4.78, 5) is 10.6. The lowest BCUT2D eigenvalue weighted by atomic mass is 9.95. The molecule has 0 aliphatic heterocycles. The summed E-state index contributed by atoms with van der Waals surface area (Å²) >= 11 is 0. The van der Waals surface area contributed by atoms with E-state index in [1.54, 1.807) is 13.8 Å². The maximum atomic E-state index is 10.6. The number of carbonyl (C=O) groups is 1. The van der Waals surface area contributed by atoms with Gasteiger partial charge in [-0.25, -0.2) is 0 Å². The van der Waals surface area contributed by atoms with Crippen molar-refractivity contribution in [1.82, 2.24) is 0 Å². The first-order valence-corrected chi connectivity index (χ1v) is 5.19. The number of aldehydes is 1. The van der Waals surface area contributed by atoms with Crippen molar-refractivity contribution < 1.29 is 9.90 Å². The molecule has 0 fully saturated rings. The van der Waals surface area contributed by atoms with Crippen molar-refractivity contribution >= 4 is 6.29 Å². The zero-order chi connectivity index (χ0) is 11.5. The van der Waals surface area contributed by atoms with Crippen LogP contribution in [0.25, 0.3) is 0 Å². The molecule has 0 aliphatic carbocycles. The Morgan fingerprint density at radius 2 is 1.87 bits per heavy atom. The van der Waals surface area contributed by atoms with Crippen LogP contribution < -0.4 is 0 Å². The maximum Gasteiger partial charge on any atom is 0.127 e. The summed E-state index contributed by atoms with van der Waals surface area (Å²) in [5.74, 6) is -0.0545. The van der Waals surface area contributed by atoms with Gasteiger partial charge in [-0.2, -0.15) is 0 Å². The first-order valence-electron chi connectivity index (χ1n) is 5.19. The van der Waals surface area contributed by atoms with Gasteiger partial charge in [0.05, 0.1) is 5.60 Å². The predicted molar refractivity (Wildman–Crippen MR) is 60.9 cm³/mol. The van der Waals surface area contributed by atoms with Crippen LogP contribution in [0.2, 0.25) is 0 Å². The predicted octanol–water partition coefficient (Wildman–Crippen LogP) is 2.30. The van der Waals surface area contributed by atoms with E-state index in [0.717, 1.165) is 17.4 Å². The van der Waals surface area contributed by atoms with E-state index in [4.69, 9.17) is 0 Å². The van der Waals surface area contributed by atoms with Gasteiger partial charge < -0.3 is 9.90 Å². The summed E-state index contributed by atoms with van der Waals surface area (Å²) in [5, 5.41) is 9.64. The lowest BCUT2D eigenvalue weighted by Crippen LogP contribution is -2.21. The third kappa shape index (κ3) is 3.84. The van der Waals surface area contributed by atoms with Crippen LogP contribution in [0.5, 0.6) is 0 Å². The minimum atomic E-state index is -0.683. The number of benzene rings is 1. The molecule has 1 N–H and O–H groups in total. The molecular weight excluding hydrogens is 188 g/mol. The quantitative estimate of drug-likeness (QED) is 0.767. The summed E-state index contributed by atoms with van der Waals surface area (Å²) < 4.78 is 0. The molecule has 0 radical (unpaired) electrons. The van der Waals surface area contributed by atoms with Gasteiger partial charge in [0.25, 0.3) is 0 Å². The van der Waals surface area contributed by atoms with Crippen LogP contribution >= 0.6 is 0 Å². The van der Waals surface area contributed by atoms with Crippen molar-refractivity contribution in [3.05, 3.63) is 35.4 Å². The van der Waals surface area contributed by atoms with Gasteiger partial charge in [0.2, 0.25) is 0 Å². The molecule has 0 saturated heterocycles. The van der Waals surface area contributed by atoms with Gasteiger partial charge in [0.1, 0.15) is 6.29 Å². The summed E-state index contributed by atoms with van der Waals surface area (Å²) in [6.45, 7) is 5.45. The molecule has 0 spiro atoms. The second-order valence-corrected chi connectivity index (χ2v) is 4.66. The molecule has 2 heteroatoms. The minimum Gasteiger partial charge on any atom is -0.390 e. The molecule has 2 nitrogen and oxygen atoms in total. The molecule has 0 unspecified atom stereocenters. The molecule has 0 saturated carbocycles. The highest BCUT2D eigenvalue weighted by Gasteiger charge is 2.13. The molecule has 15 heavy (non-hydrogen) atoms. The molecule has 0 aliphatic rings. The average molecular weight is 206 g/mol. The largest absolute Gasteiger partial charge is 0.390 e. The smallest absolute Gasteiger partial charge is 0.127 e.